The maximum Gasteiger partial charge on any atom is 0.185 e. The fourth-order valence-electron chi connectivity index (χ4n) is 0.258. The molecule has 0 aliphatic heterocycles. The first-order valence-corrected chi connectivity index (χ1v) is 2.39. The molecule has 0 spiro atoms. The Morgan fingerprint density at radius 1 is 2.00 bits per heavy atom. The predicted octanol–water partition coefficient (Wildman–Crippen LogP) is -1.15. The summed E-state index contributed by atoms with van der Waals surface area (Å²) >= 11 is 0. The van der Waals surface area contributed by atoms with Crippen LogP contribution in [0.1, 0.15) is 6.92 Å². The van der Waals surface area contributed by atoms with Crippen molar-refractivity contribution in [3.05, 3.63) is 0 Å². The summed E-state index contributed by atoms with van der Waals surface area (Å²) in [7, 11) is 0. The van der Waals surface area contributed by atoms with Gasteiger partial charge >= 0.3 is 0 Å². The highest BCUT2D eigenvalue weighted by atomic mass is 16.3. The Hall–Kier alpha value is -0.770. The van der Waals surface area contributed by atoms with Gasteiger partial charge in [-0.15, -0.1) is 0 Å². The molecule has 0 bridgehead atoms. The van der Waals surface area contributed by atoms with Gasteiger partial charge in [0, 0.05) is 6.54 Å². The van der Waals surface area contributed by atoms with Gasteiger partial charge in [0.25, 0.3) is 0 Å². The Labute approximate surface area is 48.2 Å². The van der Waals surface area contributed by atoms with Crippen LogP contribution in [0.5, 0.6) is 0 Å². The van der Waals surface area contributed by atoms with Gasteiger partial charge in [0.2, 0.25) is 0 Å². The van der Waals surface area contributed by atoms with Gasteiger partial charge < -0.3 is 16.2 Å². The van der Waals surface area contributed by atoms with Crippen LogP contribution in [0.2, 0.25) is 0 Å². The number of aliphatic hydroxyl groups is 1. The maximum atomic E-state index is 8.59. The van der Waals surface area contributed by atoms with Crippen LogP contribution < -0.4 is 11.1 Å². The van der Waals surface area contributed by atoms with E-state index in [2.05, 4.69) is 5.32 Å². The third-order valence-electron chi connectivity index (χ3n) is 0.588. The highest BCUT2D eigenvalue weighted by Gasteiger charge is 1.92. The predicted molar refractivity (Wildman–Crippen MR) is 31.6 cm³/mol. The average Bonchev–Trinajstić information content (AvgIpc) is 1.61. The van der Waals surface area contributed by atoms with Crippen molar-refractivity contribution in [2.45, 2.75) is 13.0 Å². The minimum Gasteiger partial charge on any atom is -0.392 e. The van der Waals surface area contributed by atoms with Crippen LogP contribution in [0.15, 0.2) is 0 Å². The Kier molecular flexibility index (Phi) is 2.95. The second-order valence-electron chi connectivity index (χ2n) is 1.64. The van der Waals surface area contributed by atoms with Gasteiger partial charge in [0.15, 0.2) is 5.96 Å². The van der Waals surface area contributed by atoms with E-state index in [1.807, 2.05) is 0 Å². The molecule has 0 amide bonds. The minimum absolute atomic E-state index is 0.106. The Morgan fingerprint density at radius 3 is 2.62 bits per heavy atom. The molecule has 0 aromatic rings. The summed E-state index contributed by atoms with van der Waals surface area (Å²) in [6.07, 6.45) is -0.445. The molecule has 5 N–H and O–H groups in total. The molecule has 0 aromatic heterocycles. The van der Waals surface area contributed by atoms with E-state index in [1.165, 1.54) is 0 Å². The van der Waals surface area contributed by atoms with E-state index in [4.69, 9.17) is 16.2 Å². The van der Waals surface area contributed by atoms with Crippen molar-refractivity contribution in [1.29, 1.82) is 5.41 Å². The Morgan fingerprint density at radius 2 is 2.50 bits per heavy atom. The highest BCUT2D eigenvalue weighted by molar-refractivity contribution is 5.74. The first-order valence-electron chi connectivity index (χ1n) is 2.39. The lowest BCUT2D eigenvalue weighted by molar-refractivity contribution is 0.197. The molecule has 1 atom stereocenters. The summed E-state index contributed by atoms with van der Waals surface area (Å²) in [6, 6.07) is 0. The number of hydrogen-bond acceptors (Lipinski definition) is 2. The van der Waals surface area contributed by atoms with E-state index >= 15 is 0 Å². The third kappa shape index (κ3) is 5.23. The number of hydrogen-bond donors (Lipinski definition) is 4. The molecule has 0 aliphatic rings. The molecule has 8 heavy (non-hydrogen) atoms. The molecule has 0 radical (unpaired) electrons. The SMILES string of the molecule is CC(O)CNC(=N)N. The van der Waals surface area contributed by atoms with E-state index in [9.17, 15) is 0 Å². The summed E-state index contributed by atoms with van der Waals surface area (Å²) in [4.78, 5) is 0. The molecule has 1 unspecified atom stereocenters. The lowest BCUT2D eigenvalue weighted by atomic mass is 10.4. The highest BCUT2D eigenvalue weighted by Crippen LogP contribution is 1.71. The molecule has 0 fully saturated rings. The number of nitrogens with one attached hydrogen (secondary N) is 2. The van der Waals surface area contributed by atoms with Crippen LogP contribution in [0, 0.1) is 5.41 Å². The molecule has 4 nitrogen and oxygen atoms in total. The van der Waals surface area contributed by atoms with Gasteiger partial charge in [-0.3, -0.25) is 5.41 Å². The van der Waals surface area contributed by atoms with Crippen molar-refractivity contribution in [3.63, 3.8) is 0 Å². The minimum atomic E-state index is -0.445. The van der Waals surface area contributed by atoms with Crippen molar-refractivity contribution in [2.75, 3.05) is 6.54 Å². The fraction of sp³-hybridized carbons (Fsp3) is 0.750. The fourth-order valence-corrected chi connectivity index (χ4v) is 0.258. The first kappa shape index (κ1) is 7.23. The lowest BCUT2D eigenvalue weighted by Gasteiger charge is -2.03. The second kappa shape index (κ2) is 3.26. The summed E-state index contributed by atoms with van der Waals surface area (Å²) in [6.45, 7) is 1.96. The molecule has 0 rings (SSSR count). The molecule has 0 saturated heterocycles. The van der Waals surface area contributed by atoms with Crippen molar-refractivity contribution in [1.82, 2.24) is 5.32 Å². The Balaban J connectivity index is 3.05. The average molecular weight is 117 g/mol. The maximum absolute atomic E-state index is 8.59. The second-order valence-corrected chi connectivity index (χ2v) is 1.64. The zero-order chi connectivity index (χ0) is 6.57. The number of guanidine groups is 1. The zero-order valence-corrected chi connectivity index (χ0v) is 4.81. The first-order chi connectivity index (χ1) is 3.63. The smallest absolute Gasteiger partial charge is 0.185 e. The number of nitrogens with two attached hydrogens (primary N) is 1. The zero-order valence-electron chi connectivity index (χ0n) is 4.81. The quantitative estimate of drug-likeness (QED) is 0.272. The van der Waals surface area contributed by atoms with Crippen LogP contribution >= 0.6 is 0 Å². The normalized spacial score (nSPS) is 12.8. The van der Waals surface area contributed by atoms with Gasteiger partial charge in [-0.2, -0.15) is 0 Å². The van der Waals surface area contributed by atoms with Crippen LogP contribution in [-0.2, 0) is 0 Å². The van der Waals surface area contributed by atoms with E-state index in [0.29, 0.717) is 6.54 Å². The lowest BCUT2D eigenvalue weighted by Crippen LogP contribution is -2.35. The van der Waals surface area contributed by atoms with Crippen molar-refractivity contribution < 1.29 is 5.11 Å². The molecule has 0 saturated carbocycles. The van der Waals surface area contributed by atoms with Gasteiger partial charge in [-0.25, -0.2) is 0 Å². The van der Waals surface area contributed by atoms with Crippen molar-refractivity contribution in [2.24, 2.45) is 5.73 Å². The van der Waals surface area contributed by atoms with E-state index in [1.54, 1.807) is 6.92 Å². The monoisotopic (exact) mass is 117 g/mol. The summed E-state index contributed by atoms with van der Waals surface area (Å²) < 4.78 is 0. The largest absolute Gasteiger partial charge is 0.392 e. The third-order valence-corrected chi connectivity index (χ3v) is 0.588. The molecular formula is C4H11N3O. The van der Waals surface area contributed by atoms with E-state index < -0.39 is 6.10 Å². The standard InChI is InChI=1S/C4H11N3O/c1-3(8)2-7-4(5)6/h3,8H,2H2,1H3,(H4,5,6,7). The topological polar surface area (TPSA) is 82.1 Å². The van der Waals surface area contributed by atoms with Crippen molar-refractivity contribution in [3.8, 4) is 0 Å². The number of aliphatic hydroxyl groups excluding tert-OH is 1. The summed E-state index contributed by atoms with van der Waals surface area (Å²) in [5, 5.41) is 17.7. The van der Waals surface area contributed by atoms with Crippen LogP contribution in [-0.4, -0.2) is 23.7 Å². The summed E-state index contributed by atoms with van der Waals surface area (Å²) in [5.74, 6) is -0.106. The van der Waals surface area contributed by atoms with Crippen molar-refractivity contribution >= 4 is 5.96 Å². The van der Waals surface area contributed by atoms with Gasteiger partial charge in [-0.05, 0) is 6.92 Å². The Bertz CT molecular complexity index is 81.4. The number of rotatable bonds is 2. The molecular weight excluding hydrogens is 106 g/mol. The van der Waals surface area contributed by atoms with Gasteiger partial charge in [-0.1, -0.05) is 0 Å². The van der Waals surface area contributed by atoms with E-state index in [-0.39, 0.29) is 5.96 Å². The summed E-state index contributed by atoms with van der Waals surface area (Å²) in [5.41, 5.74) is 4.90. The molecule has 0 heterocycles. The van der Waals surface area contributed by atoms with Gasteiger partial charge in [0.05, 0.1) is 6.10 Å². The van der Waals surface area contributed by atoms with Crippen LogP contribution in [0.25, 0.3) is 0 Å². The molecule has 0 aromatic carbocycles. The molecule has 48 valence electrons. The molecule has 0 aliphatic carbocycles. The molecule has 4 heteroatoms. The van der Waals surface area contributed by atoms with Gasteiger partial charge in [0.1, 0.15) is 0 Å². The van der Waals surface area contributed by atoms with Crippen LogP contribution in [0.3, 0.4) is 0 Å². The van der Waals surface area contributed by atoms with Crippen LogP contribution in [0.4, 0.5) is 0 Å². The van der Waals surface area contributed by atoms with E-state index in [0.717, 1.165) is 0 Å².